The van der Waals surface area contributed by atoms with E-state index in [4.69, 9.17) is 4.74 Å². The minimum atomic E-state index is -0.338. The first-order chi connectivity index (χ1) is 9.70. The van der Waals surface area contributed by atoms with Crippen LogP contribution in [0.1, 0.15) is 32.6 Å². The summed E-state index contributed by atoms with van der Waals surface area (Å²) in [7, 11) is 0. The third-order valence-electron chi connectivity index (χ3n) is 3.85. The first-order valence-corrected chi connectivity index (χ1v) is 7.61. The van der Waals surface area contributed by atoms with Crippen molar-refractivity contribution in [2.75, 3.05) is 32.8 Å². The number of nitrogens with one attached hydrogen (secondary N) is 2. The molecule has 2 N–H and O–H groups in total. The van der Waals surface area contributed by atoms with Crippen LogP contribution in [-0.4, -0.2) is 61.6 Å². The average molecular weight is 283 g/mol. The summed E-state index contributed by atoms with van der Waals surface area (Å²) < 4.78 is 5.49. The number of carbonyl (C=O) groups is 2. The van der Waals surface area contributed by atoms with E-state index < -0.39 is 0 Å². The molecule has 2 aliphatic rings. The van der Waals surface area contributed by atoms with Crippen LogP contribution in [0.5, 0.6) is 0 Å². The van der Waals surface area contributed by atoms with Crippen molar-refractivity contribution < 1.29 is 14.3 Å². The van der Waals surface area contributed by atoms with Crippen molar-refractivity contribution in [3.05, 3.63) is 0 Å². The molecule has 2 fully saturated rings. The Kier molecular flexibility index (Phi) is 5.79. The van der Waals surface area contributed by atoms with Gasteiger partial charge in [-0.25, -0.2) is 0 Å². The van der Waals surface area contributed by atoms with Crippen LogP contribution in [0.4, 0.5) is 0 Å². The fourth-order valence-corrected chi connectivity index (χ4v) is 2.70. The van der Waals surface area contributed by atoms with Gasteiger partial charge < -0.3 is 20.3 Å². The lowest BCUT2D eigenvalue weighted by Crippen LogP contribution is -2.53. The molecule has 0 aromatic rings. The van der Waals surface area contributed by atoms with Crippen molar-refractivity contribution >= 4 is 11.8 Å². The number of likely N-dealkylation sites (tertiary alicyclic amines) is 1. The molecule has 2 saturated heterocycles. The quantitative estimate of drug-likeness (QED) is 0.755. The number of rotatable bonds is 4. The molecule has 2 aliphatic heterocycles. The minimum Gasteiger partial charge on any atom is -0.366 e. The molecule has 20 heavy (non-hydrogen) atoms. The Labute approximate surface area is 120 Å². The highest BCUT2D eigenvalue weighted by Gasteiger charge is 2.30. The summed E-state index contributed by atoms with van der Waals surface area (Å²) >= 11 is 0. The smallest absolute Gasteiger partial charge is 0.253 e. The number of nitrogens with zero attached hydrogens (tertiary/aromatic N) is 1. The molecule has 1 unspecified atom stereocenters. The van der Waals surface area contributed by atoms with Gasteiger partial charge in [0.2, 0.25) is 5.91 Å². The molecule has 0 aliphatic carbocycles. The monoisotopic (exact) mass is 283 g/mol. The summed E-state index contributed by atoms with van der Waals surface area (Å²) in [5.74, 6) is 0.202. The van der Waals surface area contributed by atoms with Crippen LogP contribution in [-0.2, 0) is 14.3 Å². The maximum absolute atomic E-state index is 12.3. The van der Waals surface area contributed by atoms with Crippen LogP contribution < -0.4 is 10.6 Å². The highest BCUT2D eigenvalue weighted by Crippen LogP contribution is 2.13. The van der Waals surface area contributed by atoms with Gasteiger partial charge in [-0.05, 0) is 19.3 Å². The molecule has 0 radical (unpaired) electrons. The second-order valence-electron chi connectivity index (χ2n) is 5.48. The Morgan fingerprint density at radius 1 is 1.35 bits per heavy atom. The van der Waals surface area contributed by atoms with Crippen LogP contribution in [0.3, 0.4) is 0 Å². The van der Waals surface area contributed by atoms with Crippen LogP contribution in [0, 0.1) is 0 Å². The predicted molar refractivity (Wildman–Crippen MR) is 75.3 cm³/mol. The average Bonchev–Trinajstić information content (AvgIpc) is 2.48. The van der Waals surface area contributed by atoms with Crippen LogP contribution >= 0.6 is 0 Å². The number of carbonyl (C=O) groups excluding carboxylic acids is 2. The van der Waals surface area contributed by atoms with Gasteiger partial charge in [-0.3, -0.25) is 9.59 Å². The predicted octanol–water partition coefficient (Wildman–Crippen LogP) is -0.118. The zero-order valence-electron chi connectivity index (χ0n) is 12.2. The first-order valence-electron chi connectivity index (χ1n) is 7.61. The molecule has 2 rings (SSSR count). The maximum Gasteiger partial charge on any atom is 0.253 e. The highest BCUT2D eigenvalue weighted by molar-refractivity contribution is 5.81. The first kappa shape index (κ1) is 15.3. The van der Waals surface area contributed by atoms with Crippen molar-refractivity contribution in [1.29, 1.82) is 0 Å². The number of piperidine rings is 1. The van der Waals surface area contributed by atoms with Gasteiger partial charge in [-0.2, -0.15) is 0 Å². The lowest BCUT2D eigenvalue weighted by molar-refractivity contribution is -0.146. The summed E-state index contributed by atoms with van der Waals surface area (Å²) in [6, 6.07) is 0.212. The largest absolute Gasteiger partial charge is 0.366 e. The number of morpholine rings is 1. The molecule has 0 aromatic carbocycles. The fraction of sp³-hybridized carbons (Fsp3) is 0.857. The molecule has 6 nitrogen and oxygen atoms in total. The molecule has 0 saturated carbocycles. The Bertz CT molecular complexity index is 335. The van der Waals surface area contributed by atoms with Crippen LogP contribution in [0.15, 0.2) is 0 Å². The van der Waals surface area contributed by atoms with Crippen LogP contribution in [0.25, 0.3) is 0 Å². The third kappa shape index (κ3) is 4.18. The molecule has 114 valence electrons. The summed E-state index contributed by atoms with van der Waals surface area (Å²) in [4.78, 5) is 25.7. The molecule has 6 heteroatoms. The standard InChI is InChI=1S/C14H25N3O3/c1-2-3-13(18)16-11-4-7-17(8-5-11)14(19)12-10-15-6-9-20-12/h11-12,15H,2-10H2,1H3,(H,16,18). The third-order valence-corrected chi connectivity index (χ3v) is 3.85. The molecular weight excluding hydrogens is 258 g/mol. The number of amides is 2. The molecule has 2 amide bonds. The van der Waals surface area contributed by atoms with E-state index in [1.807, 2.05) is 11.8 Å². The van der Waals surface area contributed by atoms with E-state index in [1.54, 1.807) is 0 Å². The maximum atomic E-state index is 12.3. The van der Waals surface area contributed by atoms with Crippen molar-refractivity contribution in [2.24, 2.45) is 0 Å². The summed E-state index contributed by atoms with van der Waals surface area (Å²) in [6.45, 7) is 5.42. The fourth-order valence-electron chi connectivity index (χ4n) is 2.70. The summed E-state index contributed by atoms with van der Waals surface area (Å²) in [5, 5.41) is 6.21. The zero-order chi connectivity index (χ0) is 14.4. The lowest BCUT2D eigenvalue weighted by Gasteiger charge is -2.35. The van der Waals surface area contributed by atoms with E-state index in [0.29, 0.717) is 32.7 Å². The normalized spacial score (nSPS) is 24.4. The molecule has 0 aromatic heterocycles. The van der Waals surface area contributed by atoms with Crippen molar-refractivity contribution in [1.82, 2.24) is 15.5 Å². The Balaban J connectivity index is 1.73. The topological polar surface area (TPSA) is 70.7 Å². The summed E-state index contributed by atoms with van der Waals surface area (Å²) in [5.41, 5.74) is 0. The molecule has 0 bridgehead atoms. The van der Waals surface area contributed by atoms with E-state index >= 15 is 0 Å². The number of hydrogen-bond acceptors (Lipinski definition) is 4. The van der Waals surface area contributed by atoms with Gasteiger partial charge in [-0.1, -0.05) is 6.92 Å². The SMILES string of the molecule is CCCC(=O)NC1CCN(C(=O)C2CNCCO2)CC1. The van der Waals surface area contributed by atoms with Gasteiger partial charge in [0.25, 0.3) is 5.91 Å². The van der Waals surface area contributed by atoms with E-state index in [2.05, 4.69) is 10.6 Å². The lowest BCUT2D eigenvalue weighted by atomic mass is 10.0. The zero-order valence-corrected chi connectivity index (χ0v) is 12.2. The molecule has 0 spiro atoms. The molecule has 2 heterocycles. The molecule has 1 atom stereocenters. The molecular formula is C14H25N3O3. The van der Waals surface area contributed by atoms with Gasteiger partial charge in [0.05, 0.1) is 6.61 Å². The van der Waals surface area contributed by atoms with Gasteiger partial charge in [0, 0.05) is 38.6 Å². The van der Waals surface area contributed by atoms with E-state index in [9.17, 15) is 9.59 Å². The minimum absolute atomic E-state index is 0.0792. The van der Waals surface area contributed by atoms with Crippen molar-refractivity contribution in [3.63, 3.8) is 0 Å². The number of ether oxygens (including phenoxy) is 1. The van der Waals surface area contributed by atoms with E-state index in [1.165, 1.54) is 0 Å². The van der Waals surface area contributed by atoms with Gasteiger partial charge >= 0.3 is 0 Å². The van der Waals surface area contributed by atoms with Gasteiger partial charge in [0.15, 0.2) is 0 Å². The van der Waals surface area contributed by atoms with Crippen molar-refractivity contribution in [2.45, 2.75) is 44.8 Å². The summed E-state index contributed by atoms with van der Waals surface area (Å²) in [6.07, 6.45) is 2.79. The second kappa shape index (κ2) is 7.59. The van der Waals surface area contributed by atoms with Gasteiger partial charge in [-0.15, -0.1) is 0 Å². The van der Waals surface area contributed by atoms with Crippen LogP contribution in [0.2, 0.25) is 0 Å². The number of hydrogen-bond donors (Lipinski definition) is 2. The van der Waals surface area contributed by atoms with Gasteiger partial charge in [0.1, 0.15) is 6.10 Å². The Morgan fingerprint density at radius 3 is 2.70 bits per heavy atom. The Hall–Kier alpha value is -1.14. The van der Waals surface area contributed by atoms with Crippen molar-refractivity contribution in [3.8, 4) is 0 Å². The Morgan fingerprint density at radius 2 is 2.10 bits per heavy atom. The highest BCUT2D eigenvalue weighted by atomic mass is 16.5. The van der Waals surface area contributed by atoms with E-state index in [-0.39, 0.29) is 24.0 Å². The van der Waals surface area contributed by atoms with E-state index in [0.717, 1.165) is 25.8 Å². The second-order valence-corrected chi connectivity index (χ2v) is 5.48.